The maximum absolute atomic E-state index is 12.6. The van der Waals surface area contributed by atoms with E-state index in [0.29, 0.717) is 16.0 Å². The lowest BCUT2D eigenvalue weighted by Crippen LogP contribution is -2.50. The molecule has 1 atom stereocenters. The standard InChI is InChI=1S/C17H22ClN5OS/c1-3-22-8-10-23(11-9-22)16(24)12(2)25-17-19-15(20-21-17)13-4-6-14(18)7-5-13/h4-7,12H,3,8-11H2,1-2H3,(H,19,20,21)/t12-/m0/s1. The van der Waals surface area contributed by atoms with E-state index in [1.54, 1.807) is 0 Å². The van der Waals surface area contributed by atoms with Gasteiger partial charge in [0.2, 0.25) is 11.1 Å². The van der Waals surface area contributed by atoms with Gasteiger partial charge < -0.3 is 9.80 Å². The van der Waals surface area contributed by atoms with E-state index in [0.717, 1.165) is 38.3 Å². The van der Waals surface area contributed by atoms with Gasteiger partial charge in [0, 0.05) is 36.8 Å². The van der Waals surface area contributed by atoms with Crippen molar-refractivity contribution in [2.45, 2.75) is 24.3 Å². The largest absolute Gasteiger partial charge is 0.339 e. The van der Waals surface area contributed by atoms with Gasteiger partial charge in [-0.15, -0.1) is 5.10 Å². The number of rotatable bonds is 5. The topological polar surface area (TPSA) is 65.1 Å². The maximum atomic E-state index is 12.6. The molecule has 0 unspecified atom stereocenters. The average molecular weight is 380 g/mol. The first-order valence-corrected chi connectivity index (χ1v) is 9.68. The van der Waals surface area contributed by atoms with Crippen molar-refractivity contribution in [2.24, 2.45) is 0 Å². The summed E-state index contributed by atoms with van der Waals surface area (Å²) in [5.41, 5.74) is 0.915. The fourth-order valence-electron chi connectivity index (χ4n) is 2.79. The number of hydrogen-bond acceptors (Lipinski definition) is 5. The molecule has 25 heavy (non-hydrogen) atoms. The highest BCUT2D eigenvalue weighted by Crippen LogP contribution is 2.24. The third-order valence-corrected chi connectivity index (χ3v) is 5.54. The van der Waals surface area contributed by atoms with Gasteiger partial charge in [-0.1, -0.05) is 30.3 Å². The Morgan fingerprint density at radius 2 is 1.96 bits per heavy atom. The van der Waals surface area contributed by atoms with Crippen LogP contribution in [-0.4, -0.2) is 68.9 Å². The molecule has 1 fully saturated rings. The van der Waals surface area contributed by atoms with Crippen LogP contribution < -0.4 is 0 Å². The molecule has 0 saturated carbocycles. The highest BCUT2D eigenvalue weighted by Gasteiger charge is 2.26. The molecule has 0 radical (unpaired) electrons. The fraction of sp³-hybridized carbons (Fsp3) is 0.471. The number of thioether (sulfide) groups is 1. The summed E-state index contributed by atoms with van der Waals surface area (Å²) < 4.78 is 0. The van der Waals surface area contributed by atoms with Crippen LogP contribution in [0.1, 0.15) is 13.8 Å². The van der Waals surface area contributed by atoms with Crippen LogP contribution in [0.25, 0.3) is 11.4 Å². The monoisotopic (exact) mass is 379 g/mol. The highest BCUT2D eigenvalue weighted by molar-refractivity contribution is 8.00. The number of carbonyl (C=O) groups is 1. The average Bonchev–Trinajstić information content (AvgIpc) is 3.10. The van der Waals surface area contributed by atoms with E-state index in [1.165, 1.54) is 11.8 Å². The fourth-order valence-corrected chi connectivity index (χ4v) is 3.72. The Morgan fingerprint density at radius 1 is 1.28 bits per heavy atom. The molecule has 6 nitrogen and oxygen atoms in total. The number of carbonyl (C=O) groups excluding carboxylic acids is 1. The van der Waals surface area contributed by atoms with Gasteiger partial charge in [0.25, 0.3) is 0 Å². The van der Waals surface area contributed by atoms with Crippen LogP contribution in [0.2, 0.25) is 5.02 Å². The number of benzene rings is 1. The summed E-state index contributed by atoms with van der Waals surface area (Å²) in [4.78, 5) is 21.4. The van der Waals surface area contributed by atoms with E-state index in [9.17, 15) is 4.79 Å². The second-order valence-corrected chi connectivity index (χ2v) is 7.74. The minimum Gasteiger partial charge on any atom is -0.339 e. The molecule has 2 aromatic rings. The molecule has 1 aromatic heterocycles. The minimum atomic E-state index is -0.206. The zero-order valence-corrected chi connectivity index (χ0v) is 16.0. The summed E-state index contributed by atoms with van der Waals surface area (Å²) in [6, 6.07) is 7.40. The third kappa shape index (κ3) is 4.54. The lowest BCUT2D eigenvalue weighted by atomic mass is 10.2. The predicted molar refractivity (Wildman–Crippen MR) is 101 cm³/mol. The molecule has 0 spiro atoms. The zero-order chi connectivity index (χ0) is 17.8. The van der Waals surface area contributed by atoms with E-state index in [4.69, 9.17) is 11.6 Å². The number of nitrogens with one attached hydrogen (secondary N) is 1. The second-order valence-electron chi connectivity index (χ2n) is 5.99. The number of hydrogen-bond donors (Lipinski definition) is 1. The number of amides is 1. The van der Waals surface area contributed by atoms with E-state index in [1.807, 2.05) is 36.1 Å². The molecule has 2 heterocycles. The number of piperazine rings is 1. The predicted octanol–water partition coefficient (Wildman–Crippen LogP) is 2.77. The first-order valence-electron chi connectivity index (χ1n) is 8.43. The van der Waals surface area contributed by atoms with Crippen LogP contribution in [0.3, 0.4) is 0 Å². The Morgan fingerprint density at radius 3 is 2.60 bits per heavy atom. The van der Waals surface area contributed by atoms with Crippen LogP contribution in [-0.2, 0) is 4.79 Å². The van der Waals surface area contributed by atoms with Crippen LogP contribution in [0.5, 0.6) is 0 Å². The summed E-state index contributed by atoms with van der Waals surface area (Å²) in [5, 5.41) is 8.20. The van der Waals surface area contributed by atoms with E-state index in [-0.39, 0.29) is 11.2 Å². The number of H-pyrrole nitrogens is 1. The Kier molecular flexibility index (Phi) is 5.98. The highest BCUT2D eigenvalue weighted by atomic mass is 35.5. The quantitative estimate of drug-likeness (QED) is 0.809. The number of halogens is 1. The maximum Gasteiger partial charge on any atom is 0.235 e. The Bertz CT molecular complexity index is 712. The molecule has 0 bridgehead atoms. The lowest BCUT2D eigenvalue weighted by Gasteiger charge is -2.35. The molecule has 1 aliphatic rings. The smallest absolute Gasteiger partial charge is 0.235 e. The van der Waals surface area contributed by atoms with Gasteiger partial charge >= 0.3 is 0 Å². The van der Waals surface area contributed by atoms with Gasteiger partial charge in [0.1, 0.15) is 0 Å². The summed E-state index contributed by atoms with van der Waals surface area (Å²) in [5.74, 6) is 0.828. The van der Waals surface area contributed by atoms with Crippen molar-refractivity contribution < 1.29 is 4.79 Å². The summed E-state index contributed by atoms with van der Waals surface area (Å²) in [7, 11) is 0. The van der Waals surface area contributed by atoms with Crippen molar-refractivity contribution in [3.63, 3.8) is 0 Å². The van der Waals surface area contributed by atoms with Crippen molar-refractivity contribution >= 4 is 29.3 Å². The summed E-state index contributed by atoms with van der Waals surface area (Å²) in [6.07, 6.45) is 0. The van der Waals surface area contributed by atoms with Crippen LogP contribution in [0.4, 0.5) is 0 Å². The van der Waals surface area contributed by atoms with Gasteiger partial charge in [-0.3, -0.25) is 9.89 Å². The zero-order valence-electron chi connectivity index (χ0n) is 14.4. The number of likely N-dealkylation sites (N-methyl/N-ethyl adjacent to an activating group) is 1. The molecule has 134 valence electrons. The van der Waals surface area contributed by atoms with Gasteiger partial charge in [-0.05, 0) is 37.7 Å². The first kappa shape index (κ1) is 18.2. The number of aromatic amines is 1. The molecule has 8 heteroatoms. The molecular formula is C17H22ClN5OS. The molecule has 1 saturated heterocycles. The van der Waals surface area contributed by atoms with E-state index in [2.05, 4.69) is 27.0 Å². The number of aromatic nitrogens is 3. The molecule has 1 amide bonds. The minimum absolute atomic E-state index is 0.151. The third-order valence-electron chi connectivity index (χ3n) is 4.34. The normalized spacial score (nSPS) is 16.8. The number of nitrogens with zero attached hydrogens (tertiary/aromatic N) is 4. The molecule has 1 aliphatic heterocycles. The molecule has 3 rings (SSSR count). The summed E-state index contributed by atoms with van der Waals surface area (Å²) >= 11 is 7.29. The van der Waals surface area contributed by atoms with Crippen molar-refractivity contribution in [2.75, 3.05) is 32.7 Å². The van der Waals surface area contributed by atoms with E-state index < -0.39 is 0 Å². The van der Waals surface area contributed by atoms with Gasteiger partial charge in [-0.2, -0.15) is 0 Å². The van der Waals surface area contributed by atoms with Gasteiger partial charge in [0.15, 0.2) is 5.82 Å². The molecule has 0 aliphatic carbocycles. The van der Waals surface area contributed by atoms with Gasteiger partial charge in [0.05, 0.1) is 5.25 Å². The first-order chi connectivity index (χ1) is 12.1. The van der Waals surface area contributed by atoms with E-state index >= 15 is 0 Å². The van der Waals surface area contributed by atoms with Crippen molar-refractivity contribution in [1.82, 2.24) is 25.0 Å². The Labute approximate surface area is 156 Å². The van der Waals surface area contributed by atoms with Crippen LogP contribution in [0.15, 0.2) is 29.4 Å². The van der Waals surface area contributed by atoms with Crippen LogP contribution >= 0.6 is 23.4 Å². The van der Waals surface area contributed by atoms with Crippen molar-refractivity contribution in [3.8, 4) is 11.4 Å². The SMILES string of the molecule is CCN1CCN(C(=O)[C@H](C)Sc2n[nH]c(-c3ccc(Cl)cc3)n2)CC1. The van der Waals surface area contributed by atoms with Crippen molar-refractivity contribution in [3.05, 3.63) is 29.3 Å². The van der Waals surface area contributed by atoms with Crippen molar-refractivity contribution in [1.29, 1.82) is 0 Å². The molecule has 1 aromatic carbocycles. The van der Waals surface area contributed by atoms with Crippen LogP contribution in [0, 0.1) is 0 Å². The summed E-state index contributed by atoms with van der Waals surface area (Å²) in [6.45, 7) is 8.58. The van der Waals surface area contributed by atoms with Gasteiger partial charge in [-0.25, -0.2) is 4.98 Å². The molecule has 1 N–H and O–H groups in total. The Hall–Kier alpha value is -1.57. The molecular weight excluding hydrogens is 358 g/mol. The Balaban J connectivity index is 1.59. The lowest BCUT2D eigenvalue weighted by molar-refractivity contribution is -0.132. The second kappa shape index (κ2) is 8.21.